The van der Waals surface area contributed by atoms with Crippen LogP contribution in [0.4, 0.5) is 16.2 Å². The molecule has 1 saturated heterocycles. The Balaban J connectivity index is 1.53. The highest BCUT2D eigenvalue weighted by atomic mass is 35.5. The van der Waals surface area contributed by atoms with E-state index >= 15 is 0 Å². The number of benzene rings is 2. The molecule has 2 aromatic rings. The maximum absolute atomic E-state index is 12.7. The first-order valence-electron chi connectivity index (χ1n) is 9.12. The van der Waals surface area contributed by atoms with E-state index in [-0.39, 0.29) is 17.7 Å². The number of carbonyl (C=O) groups excluding carboxylic acids is 3. The largest absolute Gasteiger partial charge is 0.399 e. The summed E-state index contributed by atoms with van der Waals surface area (Å²) in [6, 6.07) is 10.6. The standard InChI is InChI=1S/C20H22ClN5O3/c21-17-6-3-14(22)9-16(17)18(27)24-10-12-7-8-26(11-12)19(28)13-1-4-15(5-2-13)25-20(23)29/h1-6,9,12H,7-8,10-11,22H2,(H,24,27)(H3,23,25,29). The summed E-state index contributed by atoms with van der Waals surface area (Å²) in [4.78, 5) is 37.6. The van der Waals surface area contributed by atoms with Gasteiger partial charge in [-0.2, -0.15) is 0 Å². The number of likely N-dealkylation sites (tertiary alicyclic amines) is 1. The van der Waals surface area contributed by atoms with Crippen molar-refractivity contribution < 1.29 is 14.4 Å². The van der Waals surface area contributed by atoms with E-state index in [2.05, 4.69) is 10.6 Å². The third kappa shape index (κ3) is 5.17. The molecule has 1 aliphatic rings. The zero-order chi connectivity index (χ0) is 21.0. The molecule has 3 rings (SSSR count). The number of hydrogen-bond donors (Lipinski definition) is 4. The molecule has 0 aromatic heterocycles. The molecule has 0 aliphatic carbocycles. The van der Waals surface area contributed by atoms with E-state index in [1.54, 1.807) is 47.4 Å². The van der Waals surface area contributed by atoms with E-state index in [0.717, 1.165) is 6.42 Å². The van der Waals surface area contributed by atoms with Gasteiger partial charge in [-0.05, 0) is 54.8 Å². The van der Waals surface area contributed by atoms with Crippen molar-refractivity contribution in [3.05, 3.63) is 58.6 Å². The minimum atomic E-state index is -0.659. The number of nitrogens with zero attached hydrogens (tertiary/aromatic N) is 1. The summed E-state index contributed by atoms with van der Waals surface area (Å²) in [6.07, 6.45) is 0.790. The third-order valence-electron chi connectivity index (χ3n) is 4.76. The average Bonchev–Trinajstić information content (AvgIpc) is 3.16. The number of halogens is 1. The van der Waals surface area contributed by atoms with Crippen LogP contribution in [0.2, 0.25) is 5.02 Å². The van der Waals surface area contributed by atoms with E-state index in [0.29, 0.717) is 47.2 Å². The Kier molecular flexibility index (Phi) is 6.23. The Hall–Kier alpha value is -3.26. The van der Waals surface area contributed by atoms with Crippen LogP contribution in [0.3, 0.4) is 0 Å². The first-order valence-corrected chi connectivity index (χ1v) is 9.50. The van der Waals surface area contributed by atoms with Gasteiger partial charge in [-0.3, -0.25) is 9.59 Å². The molecule has 1 unspecified atom stereocenters. The number of rotatable bonds is 5. The number of carbonyl (C=O) groups is 3. The molecule has 0 radical (unpaired) electrons. The van der Waals surface area contributed by atoms with Crippen molar-refractivity contribution in [2.24, 2.45) is 11.7 Å². The van der Waals surface area contributed by atoms with Gasteiger partial charge in [0, 0.05) is 36.6 Å². The van der Waals surface area contributed by atoms with Crippen molar-refractivity contribution >= 4 is 40.8 Å². The Morgan fingerprint density at radius 3 is 2.55 bits per heavy atom. The van der Waals surface area contributed by atoms with E-state index in [1.807, 2.05) is 0 Å². The van der Waals surface area contributed by atoms with Gasteiger partial charge in [-0.25, -0.2) is 4.79 Å². The molecule has 1 aliphatic heterocycles. The fourth-order valence-corrected chi connectivity index (χ4v) is 3.46. The molecule has 2 aromatic carbocycles. The molecule has 1 heterocycles. The van der Waals surface area contributed by atoms with Gasteiger partial charge in [0.1, 0.15) is 0 Å². The van der Waals surface area contributed by atoms with Crippen LogP contribution in [-0.2, 0) is 0 Å². The number of nitrogens with one attached hydrogen (secondary N) is 2. The van der Waals surface area contributed by atoms with Gasteiger partial charge in [-0.15, -0.1) is 0 Å². The number of urea groups is 1. The summed E-state index contributed by atoms with van der Waals surface area (Å²) in [5, 5.41) is 5.66. The summed E-state index contributed by atoms with van der Waals surface area (Å²) < 4.78 is 0. The minimum absolute atomic E-state index is 0.0941. The minimum Gasteiger partial charge on any atom is -0.399 e. The van der Waals surface area contributed by atoms with Crippen LogP contribution in [0.5, 0.6) is 0 Å². The second kappa shape index (κ2) is 8.83. The van der Waals surface area contributed by atoms with Gasteiger partial charge >= 0.3 is 6.03 Å². The summed E-state index contributed by atoms with van der Waals surface area (Å²) >= 11 is 6.06. The first-order chi connectivity index (χ1) is 13.8. The van der Waals surface area contributed by atoms with Crippen molar-refractivity contribution in [2.75, 3.05) is 30.7 Å². The Bertz CT molecular complexity index is 932. The summed E-state index contributed by atoms with van der Waals surface area (Å²) in [7, 11) is 0. The summed E-state index contributed by atoms with van der Waals surface area (Å²) in [5.41, 5.74) is 12.6. The maximum Gasteiger partial charge on any atom is 0.316 e. The number of nitrogen functional groups attached to an aromatic ring is 1. The summed E-state index contributed by atoms with van der Waals surface area (Å²) in [5.74, 6) is -0.230. The zero-order valence-corrected chi connectivity index (χ0v) is 16.4. The van der Waals surface area contributed by atoms with Crippen LogP contribution >= 0.6 is 11.6 Å². The van der Waals surface area contributed by atoms with Crippen molar-refractivity contribution in [3.8, 4) is 0 Å². The molecular weight excluding hydrogens is 394 g/mol. The molecule has 1 atom stereocenters. The van der Waals surface area contributed by atoms with Crippen molar-refractivity contribution in [1.82, 2.24) is 10.2 Å². The predicted molar refractivity (Wildman–Crippen MR) is 112 cm³/mol. The fourth-order valence-electron chi connectivity index (χ4n) is 3.25. The van der Waals surface area contributed by atoms with Gasteiger partial charge in [0.2, 0.25) is 0 Å². The van der Waals surface area contributed by atoms with E-state index in [1.165, 1.54) is 0 Å². The van der Waals surface area contributed by atoms with Crippen LogP contribution in [0.15, 0.2) is 42.5 Å². The van der Waals surface area contributed by atoms with E-state index in [9.17, 15) is 14.4 Å². The second-order valence-corrected chi connectivity index (χ2v) is 7.33. The maximum atomic E-state index is 12.7. The average molecular weight is 416 g/mol. The second-order valence-electron chi connectivity index (χ2n) is 6.92. The third-order valence-corrected chi connectivity index (χ3v) is 5.09. The predicted octanol–water partition coefficient (Wildman–Crippen LogP) is 2.30. The molecule has 0 saturated carbocycles. The van der Waals surface area contributed by atoms with Crippen molar-refractivity contribution in [2.45, 2.75) is 6.42 Å². The van der Waals surface area contributed by atoms with E-state index in [4.69, 9.17) is 23.1 Å². The highest BCUT2D eigenvalue weighted by molar-refractivity contribution is 6.34. The smallest absolute Gasteiger partial charge is 0.316 e. The van der Waals surface area contributed by atoms with Crippen LogP contribution in [0, 0.1) is 5.92 Å². The molecular formula is C20H22ClN5O3. The van der Waals surface area contributed by atoms with Crippen LogP contribution in [0.1, 0.15) is 27.1 Å². The lowest BCUT2D eigenvalue weighted by molar-refractivity contribution is 0.0787. The normalized spacial score (nSPS) is 15.8. The molecule has 9 heteroatoms. The molecule has 4 amide bonds. The number of hydrogen-bond acceptors (Lipinski definition) is 4. The topological polar surface area (TPSA) is 131 Å². The van der Waals surface area contributed by atoms with Crippen LogP contribution < -0.4 is 22.1 Å². The monoisotopic (exact) mass is 415 g/mol. The van der Waals surface area contributed by atoms with Crippen LogP contribution in [-0.4, -0.2) is 42.4 Å². The van der Waals surface area contributed by atoms with Gasteiger partial charge in [0.15, 0.2) is 0 Å². The lowest BCUT2D eigenvalue weighted by atomic mass is 10.1. The molecule has 0 bridgehead atoms. The number of anilines is 2. The van der Waals surface area contributed by atoms with E-state index < -0.39 is 6.03 Å². The number of primary amides is 1. The number of amides is 4. The highest BCUT2D eigenvalue weighted by Gasteiger charge is 2.27. The van der Waals surface area contributed by atoms with Gasteiger partial charge < -0.3 is 27.0 Å². The van der Waals surface area contributed by atoms with Crippen molar-refractivity contribution in [3.63, 3.8) is 0 Å². The van der Waals surface area contributed by atoms with Gasteiger partial charge in [0.25, 0.3) is 11.8 Å². The molecule has 6 N–H and O–H groups in total. The first kappa shape index (κ1) is 20.5. The Morgan fingerprint density at radius 1 is 1.14 bits per heavy atom. The lowest BCUT2D eigenvalue weighted by Crippen LogP contribution is -2.33. The molecule has 152 valence electrons. The SMILES string of the molecule is NC(=O)Nc1ccc(C(=O)N2CCC(CNC(=O)c3cc(N)ccc3Cl)C2)cc1. The molecule has 29 heavy (non-hydrogen) atoms. The highest BCUT2D eigenvalue weighted by Crippen LogP contribution is 2.21. The van der Waals surface area contributed by atoms with Gasteiger partial charge in [0.05, 0.1) is 10.6 Å². The Labute approximate surface area is 173 Å². The lowest BCUT2D eigenvalue weighted by Gasteiger charge is -2.17. The quantitative estimate of drug-likeness (QED) is 0.558. The molecule has 0 spiro atoms. The summed E-state index contributed by atoms with van der Waals surface area (Å²) in [6.45, 7) is 1.60. The fraction of sp³-hybridized carbons (Fsp3) is 0.250. The van der Waals surface area contributed by atoms with Gasteiger partial charge in [-0.1, -0.05) is 11.6 Å². The zero-order valence-electron chi connectivity index (χ0n) is 15.7. The number of nitrogens with two attached hydrogens (primary N) is 2. The van der Waals surface area contributed by atoms with Crippen LogP contribution in [0.25, 0.3) is 0 Å². The Morgan fingerprint density at radius 2 is 1.86 bits per heavy atom. The molecule has 8 nitrogen and oxygen atoms in total. The van der Waals surface area contributed by atoms with Crippen molar-refractivity contribution in [1.29, 1.82) is 0 Å². The molecule has 1 fully saturated rings.